The summed E-state index contributed by atoms with van der Waals surface area (Å²) in [7, 11) is 1.45. The summed E-state index contributed by atoms with van der Waals surface area (Å²) < 4.78 is 4.61. The maximum absolute atomic E-state index is 6.04. The molecule has 0 aliphatic carbocycles. The zero-order valence-corrected chi connectivity index (χ0v) is 7.14. The van der Waals surface area contributed by atoms with E-state index < -0.39 is 0 Å². The summed E-state index contributed by atoms with van der Waals surface area (Å²) in [4.78, 5) is 0. The van der Waals surface area contributed by atoms with E-state index in [1.165, 1.54) is 7.05 Å². The predicted octanol–water partition coefficient (Wildman–Crippen LogP) is 1.32. The standard InChI is InChI=1S/C3H9NO.CH4N6/c1-2-5-3-4;1-3-5-7-6-4-2/h2-4H2,1H3;2H,1H3/b;4-2?,5-3?,7-6+. The maximum atomic E-state index is 6.04. The summed E-state index contributed by atoms with van der Waals surface area (Å²) >= 11 is 0. The number of nitrogens with one attached hydrogen (secondary N) is 1. The van der Waals surface area contributed by atoms with Gasteiger partial charge in [0.05, 0.1) is 13.8 Å². The molecule has 0 aliphatic rings. The van der Waals surface area contributed by atoms with Crippen LogP contribution in [0.5, 0.6) is 0 Å². The first-order chi connectivity index (χ1) is 5.83. The fraction of sp³-hybridized carbons (Fsp3) is 1.00. The van der Waals surface area contributed by atoms with E-state index in [1.807, 2.05) is 6.92 Å². The van der Waals surface area contributed by atoms with Gasteiger partial charge in [0.25, 0.3) is 0 Å². The molecule has 0 bridgehead atoms. The topological polar surface area (TPSA) is 121 Å². The molecular formula is C4H13N7O. The zero-order chi connectivity index (χ0) is 9.66. The third kappa shape index (κ3) is 23.3. The van der Waals surface area contributed by atoms with Gasteiger partial charge in [-0.2, -0.15) is 10.6 Å². The Morgan fingerprint density at radius 2 is 2.00 bits per heavy atom. The van der Waals surface area contributed by atoms with Crippen molar-refractivity contribution in [1.82, 2.24) is 0 Å². The molecule has 0 aliphatic heterocycles. The Hall–Kier alpha value is -1.28. The van der Waals surface area contributed by atoms with Crippen LogP contribution in [-0.2, 0) is 4.74 Å². The van der Waals surface area contributed by atoms with E-state index in [4.69, 9.17) is 11.3 Å². The molecule has 70 valence electrons. The Labute approximate surface area is 70.4 Å². The molecule has 0 atom stereocenters. The van der Waals surface area contributed by atoms with Crippen molar-refractivity contribution in [2.45, 2.75) is 6.92 Å². The molecule has 0 saturated carbocycles. The second kappa shape index (κ2) is 16.4. The van der Waals surface area contributed by atoms with E-state index in [0.717, 1.165) is 6.61 Å². The van der Waals surface area contributed by atoms with Crippen LogP contribution in [0.3, 0.4) is 0 Å². The summed E-state index contributed by atoms with van der Waals surface area (Å²) in [6.45, 7) is 2.97. The van der Waals surface area contributed by atoms with E-state index in [2.05, 4.69) is 30.7 Å². The first-order valence-electron chi connectivity index (χ1n) is 3.16. The zero-order valence-electron chi connectivity index (χ0n) is 7.14. The molecule has 0 spiro atoms. The first kappa shape index (κ1) is 13.3. The van der Waals surface area contributed by atoms with Crippen molar-refractivity contribution in [3.8, 4) is 0 Å². The maximum Gasteiger partial charge on any atom is 0.0940 e. The van der Waals surface area contributed by atoms with E-state index in [0.29, 0.717) is 6.73 Å². The lowest BCUT2D eigenvalue weighted by atomic mass is 10.9. The first-order valence-corrected chi connectivity index (χ1v) is 3.16. The van der Waals surface area contributed by atoms with Gasteiger partial charge in [0.15, 0.2) is 0 Å². The fourth-order valence-electron chi connectivity index (χ4n) is 0.196. The van der Waals surface area contributed by atoms with Gasteiger partial charge in [-0.05, 0) is 27.8 Å². The van der Waals surface area contributed by atoms with Gasteiger partial charge in [-0.15, -0.1) is 0 Å². The SMILES string of the molecule is CCOCN.CN=N/N=N/N=N. The molecule has 12 heavy (non-hydrogen) atoms. The van der Waals surface area contributed by atoms with Gasteiger partial charge in [-0.3, -0.25) is 0 Å². The van der Waals surface area contributed by atoms with E-state index in [9.17, 15) is 0 Å². The molecule has 0 rings (SSSR count). The van der Waals surface area contributed by atoms with Crippen molar-refractivity contribution < 1.29 is 4.74 Å². The molecule has 0 fully saturated rings. The van der Waals surface area contributed by atoms with Crippen LogP contribution in [0, 0.1) is 5.53 Å². The van der Waals surface area contributed by atoms with Gasteiger partial charge in [-0.1, -0.05) is 0 Å². The smallest absolute Gasteiger partial charge is 0.0940 e. The highest BCUT2D eigenvalue weighted by Gasteiger charge is 1.63. The molecule has 8 nitrogen and oxygen atoms in total. The lowest BCUT2D eigenvalue weighted by Gasteiger charge is -1.86. The minimum Gasteiger partial charge on any atom is -0.367 e. The third-order valence-corrected chi connectivity index (χ3v) is 0.536. The number of rotatable bonds is 4. The van der Waals surface area contributed by atoms with E-state index in [1.54, 1.807) is 0 Å². The number of nitrogens with two attached hydrogens (primary N) is 1. The largest absolute Gasteiger partial charge is 0.367 e. The predicted molar refractivity (Wildman–Crippen MR) is 41.5 cm³/mol. The minimum absolute atomic E-state index is 0.344. The summed E-state index contributed by atoms with van der Waals surface area (Å²) in [5, 5.41) is 14.5. The Morgan fingerprint density at radius 1 is 1.33 bits per heavy atom. The average Bonchev–Trinajstić information content (AvgIpc) is 2.08. The van der Waals surface area contributed by atoms with Crippen molar-refractivity contribution in [3.05, 3.63) is 0 Å². The molecule has 0 radical (unpaired) electrons. The summed E-state index contributed by atoms with van der Waals surface area (Å²) in [5.41, 5.74) is 11.0. The van der Waals surface area contributed by atoms with Gasteiger partial charge < -0.3 is 10.5 Å². The van der Waals surface area contributed by atoms with Crippen molar-refractivity contribution in [1.29, 1.82) is 5.53 Å². The van der Waals surface area contributed by atoms with E-state index in [-0.39, 0.29) is 0 Å². The molecular weight excluding hydrogens is 162 g/mol. The van der Waals surface area contributed by atoms with Crippen molar-refractivity contribution in [2.24, 2.45) is 31.7 Å². The van der Waals surface area contributed by atoms with Crippen LogP contribution in [0.15, 0.2) is 26.0 Å². The van der Waals surface area contributed by atoms with Crippen LogP contribution in [0.1, 0.15) is 6.92 Å². The highest BCUT2D eigenvalue weighted by atomic mass is 16.5. The monoisotopic (exact) mass is 175 g/mol. The molecule has 0 heterocycles. The molecule has 0 aromatic heterocycles. The van der Waals surface area contributed by atoms with E-state index >= 15 is 0 Å². The number of nitrogens with zero attached hydrogens (tertiary/aromatic N) is 5. The van der Waals surface area contributed by atoms with Gasteiger partial charge >= 0.3 is 0 Å². The third-order valence-electron chi connectivity index (χ3n) is 0.536. The second-order valence-electron chi connectivity index (χ2n) is 1.23. The Balaban J connectivity index is 0. The van der Waals surface area contributed by atoms with Crippen LogP contribution >= 0.6 is 0 Å². The minimum atomic E-state index is 0.344. The van der Waals surface area contributed by atoms with Crippen LogP contribution < -0.4 is 5.73 Å². The fourth-order valence-corrected chi connectivity index (χ4v) is 0.196. The molecule has 0 amide bonds. The second-order valence-corrected chi connectivity index (χ2v) is 1.23. The Bertz CT molecular complexity index is 131. The summed E-state index contributed by atoms with van der Waals surface area (Å²) in [6, 6.07) is 0. The average molecular weight is 175 g/mol. The van der Waals surface area contributed by atoms with Crippen LogP contribution in [0.25, 0.3) is 0 Å². The Morgan fingerprint density at radius 3 is 2.25 bits per heavy atom. The lowest BCUT2D eigenvalue weighted by molar-refractivity contribution is 0.155. The molecule has 0 aromatic carbocycles. The van der Waals surface area contributed by atoms with Crippen molar-refractivity contribution in [2.75, 3.05) is 20.4 Å². The lowest BCUT2D eigenvalue weighted by Crippen LogP contribution is -2.02. The molecule has 0 aromatic rings. The molecule has 3 N–H and O–H groups in total. The normalized spacial score (nSPS) is 9.92. The molecule has 0 unspecified atom stereocenters. The quantitative estimate of drug-likeness (QED) is 0.380. The van der Waals surface area contributed by atoms with Crippen LogP contribution in [0.2, 0.25) is 0 Å². The van der Waals surface area contributed by atoms with Gasteiger partial charge in [0.2, 0.25) is 0 Å². The van der Waals surface area contributed by atoms with Gasteiger partial charge in [0.1, 0.15) is 0 Å². The summed E-state index contributed by atoms with van der Waals surface area (Å²) in [5.74, 6) is 0. The van der Waals surface area contributed by atoms with Crippen molar-refractivity contribution in [3.63, 3.8) is 0 Å². The van der Waals surface area contributed by atoms with Crippen LogP contribution in [0.4, 0.5) is 0 Å². The van der Waals surface area contributed by atoms with Gasteiger partial charge in [0, 0.05) is 6.61 Å². The highest BCUT2D eigenvalue weighted by molar-refractivity contribution is 4.04. The molecule has 0 saturated heterocycles. The number of hydrogen-bond acceptors (Lipinski definition) is 4. The number of hydrogen-bond donors (Lipinski definition) is 2. The number of ether oxygens (including phenoxy) is 1. The molecule has 8 heteroatoms. The van der Waals surface area contributed by atoms with Crippen molar-refractivity contribution >= 4 is 0 Å². The van der Waals surface area contributed by atoms with Crippen LogP contribution in [-0.4, -0.2) is 20.4 Å². The Kier molecular flexibility index (Phi) is 18.2. The summed E-state index contributed by atoms with van der Waals surface area (Å²) in [6.07, 6.45) is 0. The van der Waals surface area contributed by atoms with Gasteiger partial charge in [-0.25, -0.2) is 0 Å². The highest BCUT2D eigenvalue weighted by Crippen LogP contribution is 1.75.